The summed E-state index contributed by atoms with van der Waals surface area (Å²) in [4.78, 5) is 27.3. The molecule has 0 aliphatic heterocycles. The second-order valence-electron chi connectivity index (χ2n) is 5.52. The molecule has 2 amide bonds. The van der Waals surface area contributed by atoms with Gasteiger partial charge in [-0.2, -0.15) is 0 Å². The third-order valence-corrected chi connectivity index (χ3v) is 3.40. The van der Waals surface area contributed by atoms with Gasteiger partial charge in [-0.1, -0.05) is 0 Å². The topological polar surface area (TPSA) is 80.3 Å². The molecule has 0 saturated heterocycles. The standard InChI is InChI=1S/C14H17N3O3S/c1-14(2,3)17-13(19)20-7-12(18)16-10-8-21-11-6-15-5-4-9(10)11/h4-6,8H,7H2,1-3H3,(H,16,18)(H,17,19). The number of pyridine rings is 1. The van der Waals surface area contributed by atoms with Gasteiger partial charge < -0.3 is 15.4 Å². The van der Waals surface area contributed by atoms with Crippen LogP contribution in [0.1, 0.15) is 20.8 Å². The Morgan fingerprint density at radius 3 is 2.86 bits per heavy atom. The molecule has 0 saturated carbocycles. The summed E-state index contributed by atoms with van der Waals surface area (Å²) in [6, 6.07) is 1.83. The lowest BCUT2D eigenvalue weighted by Gasteiger charge is -2.19. The maximum Gasteiger partial charge on any atom is 0.408 e. The number of fused-ring (bicyclic) bond motifs is 1. The molecule has 6 nitrogen and oxygen atoms in total. The van der Waals surface area contributed by atoms with Crippen molar-refractivity contribution >= 4 is 39.1 Å². The minimum absolute atomic E-state index is 0.329. The second kappa shape index (κ2) is 6.09. The zero-order chi connectivity index (χ0) is 15.5. The molecule has 0 bridgehead atoms. The van der Waals surface area contributed by atoms with E-state index >= 15 is 0 Å². The Bertz CT molecular complexity index is 661. The summed E-state index contributed by atoms with van der Waals surface area (Å²) < 4.78 is 5.86. The molecule has 7 heteroatoms. The minimum Gasteiger partial charge on any atom is -0.439 e. The number of aromatic nitrogens is 1. The first-order valence-corrected chi connectivity index (χ1v) is 7.29. The van der Waals surface area contributed by atoms with Gasteiger partial charge in [0.2, 0.25) is 0 Å². The van der Waals surface area contributed by atoms with Crippen LogP contribution >= 0.6 is 11.3 Å². The summed E-state index contributed by atoms with van der Waals surface area (Å²) in [7, 11) is 0. The van der Waals surface area contributed by atoms with E-state index in [9.17, 15) is 9.59 Å². The van der Waals surface area contributed by atoms with Gasteiger partial charge in [0, 0.05) is 28.7 Å². The lowest BCUT2D eigenvalue weighted by molar-refractivity contribution is -0.119. The van der Waals surface area contributed by atoms with Crippen molar-refractivity contribution in [3.8, 4) is 0 Å². The normalized spacial score (nSPS) is 11.2. The van der Waals surface area contributed by atoms with Gasteiger partial charge in [-0.3, -0.25) is 9.78 Å². The van der Waals surface area contributed by atoms with E-state index < -0.39 is 11.6 Å². The average molecular weight is 307 g/mol. The number of carbonyl (C=O) groups is 2. The van der Waals surface area contributed by atoms with Gasteiger partial charge in [-0.25, -0.2) is 4.79 Å². The Morgan fingerprint density at radius 2 is 2.14 bits per heavy atom. The number of hydrogen-bond donors (Lipinski definition) is 2. The van der Waals surface area contributed by atoms with Crippen LogP contribution in [0.5, 0.6) is 0 Å². The van der Waals surface area contributed by atoms with Crippen LogP contribution in [-0.2, 0) is 9.53 Å². The van der Waals surface area contributed by atoms with E-state index in [1.54, 1.807) is 12.4 Å². The Kier molecular flexibility index (Phi) is 4.42. The third-order valence-electron chi connectivity index (χ3n) is 2.46. The molecule has 2 rings (SSSR count). The van der Waals surface area contributed by atoms with Gasteiger partial charge >= 0.3 is 6.09 Å². The fraction of sp³-hybridized carbons (Fsp3) is 0.357. The first-order valence-electron chi connectivity index (χ1n) is 6.41. The molecule has 2 heterocycles. The highest BCUT2D eigenvalue weighted by Crippen LogP contribution is 2.28. The Balaban J connectivity index is 1.89. The zero-order valence-electron chi connectivity index (χ0n) is 12.1. The van der Waals surface area contributed by atoms with Crippen molar-refractivity contribution in [1.29, 1.82) is 0 Å². The SMILES string of the molecule is CC(C)(C)NC(=O)OCC(=O)Nc1csc2cnccc12. The predicted molar refractivity (Wildman–Crippen MR) is 82.5 cm³/mol. The number of anilines is 1. The van der Waals surface area contributed by atoms with E-state index in [1.165, 1.54) is 11.3 Å². The van der Waals surface area contributed by atoms with Gasteiger partial charge in [0.05, 0.1) is 10.4 Å². The van der Waals surface area contributed by atoms with Crippen molar-refractivity contribution in [3.63, 3.8) is 0 Å². The van der Waals surface area contributed by atoms with Crippen LogP contribution in [-0.4, -0.2) is 29.1 Å². The summed E-state index contributed by atoms with van der Waals surface area (Å²) in [5.41, 5.74) is 0.298. The lowest BCUT2D eigenvalue weighted by Crippen LogP contribution is -2.41. The van der Waals surface area contributed by atoms with Gasteiger partial charge in [0.15, 0.2) is 6.61 Å². The van der Waals surface area contributed by atoms with Crippen molar-refractivity contribution in [2.24, 2.45) is 0 Å². The van der Waals surface area contributed by atoms with Crippen molar-refractivity contribution in [3.05, 3.63) is 23.8 Å². The molecule has 0 aliphatic carbocycles. The van der Waals surface area contributed by atoms with Crippen LogP contribution < -0.4 is 10.6 Å². The maximum atomic E-state index is 11.8. The summed E-state index contributed by atoms with van der Waals surface area (Å²) in [5.74, 6) is -0.379. The number of amides is 2. The summed E-state index contributed by atoms with van der Waals surface area (Å²) >= 11 is 1.49. The van der Waals surface area contributed by atoms with E-state index in [0.717, 1.165) is 10.1 Å². The highest BCUT2D eigenvalue weighted by molar-refractivity contribution is 7.17. The summed E-state index contributed by atoms with van der Waals surface area (Å²) in [6.07, 6.45) is 2.79. The van der Waals surface area contributed by atoms with Crippen LogP contribution in [0, 0.1) is 0 Å². The molecule has 2 N–H and O–H groups in total. The number of hydrogen-bond acceptors (Lipinski definition) is 5. The van der Waals surface area contributed by atoms with Crippen molar-refractivity contribution < 1.29 is 14.3 Å². The predicted octanol–water partition coefficient (Wildman–Crippen LogP) is 2.76. The molecule has 0 spiro atoms. The van der Waals surface area contributed by atoms with Crippen molar-refractivity contribution in [1.82, 2.24) is 10.3 Å². The van der Waals surface area contributed by atoms with Gasteiger partial charge in [0.25, 0.3) is 5.91 Å². The zero-order valence-corrected chi connectivity index (χ0v) is 12.9. The average Bonchev–Trinajstić information content (AvgIpc) is 2.78. The minimum atomic E-state index is -0.614. The molecule has 0 unspecified atom stereocenters. The Labute approximate surface area is 126 Å². The first-order chi connectivity index (χ1) is 9.85. The second-order valence-corrected chi connectivity index (χ2v) is 6.43. The highest BCUT2D eigenvalue weighted by atomic mass is 32.1. The number of rotatable bonds is 3. The van der Waals surface area contributed by atoms with Crippen LogP contribution in [0.25, 0.3) is 10.1 Å². The molecule has 21 heavy (non-hydrogen) atoms. The van der Waals surface area contributed by atoms with Crippen LogP contribution in [0.3, 0.4) is 0 Å². The van der Waals surface area contributed by atoms with Gasteiger partial charge in [0.1, 0.15) is 0 Å². The highest BCUT2D eigenvalue weighted by Gasteiger charge is 2.16. The fourth-order valence-corrected chi connectivity index (χ4v) is 2.50. The number of nitrogens with one attached hydrogen (secondary N) is 2. The van der Waals surface area contributed by atoms with Gasteiger partial charge in [-0.05, 0) is 26.8 Å². The van der Waals surface area contributed by atoms with E-state index in [4.69, 9.17) is 4.74 Å². The first kappa shape index (κ1) is 15.2. The number of alkyl carbamates (subject to hydrolysis) is 1. The molecule has 0 aliphatic rings. The summed E-state index contributed by atoms with van der Waals surface area (Å²) in [6.45, 7) is 5.17. The monoisotopic (exact) mass is 307 g/mol. The third kappa shape index (κ3) is 4.42. The van der Waals surface area contributed by atoms with Crippen molar-refractivity contribution in [2.45, 2.75) is 26.3 Å². The molecular formula is C14H17N3O3S. The quantitative estimate of drug-likeness (QED) is 0.913. The van der Waals surface area contributed by atoms with E-state index in [1.807, 2.05) is 32.2 Å². The largest absolute Gasteiger partial charge is 0.439 e. The van der Waals surface area contributed by atoms with E-state index in [-0.39, 0.29) is 12.5 Å². The van der Waals surface area contributed by atoms with Gasteiger partial charge in [-0.15, -0.1) is 11.3 Å². The van der Waals surface area contributed by atoms with E-state index in [2.05, 4.69) is 15.6 Å². The molecule has 0 fully saturated rings. The number of carbonyl (C=O) groups excluding carboxylic acids is 2. The Morgan fingerprint density at radius 1 is 1.38 bits per heavy atom. The van der Waals surface area contributed by atoms with Crippen LogP contribution in [0.2, 0.25) is 0 Å². The smallest absolute Gasteiger partial charge is 0.408 e. The molecule has 0 radical (unpaired) electrons. The molecule has 2 aromatic heterocycles. The molecule has 0 atom stereocenters. The number of thiophene rings is 1. The van der Waals surface area contributed by atoms with Crippen molar-refractivity contribution in [2.75, 3.05) is 11.9 Å². The van der Waals surface area contributed by atoms with Crippen LogP contribution in [0.4, 0.5) is 10.5 Å². The number of ether oxygens (including phenoxy) is 1. The summed E-state index contributed by atoms with van der Waals surface area (Å²) in [5, 5.41) is 8.09. The molecular weight excluding hydrogens is 290 g/mol. The lowest BCUT2D eigenvalue weighted by atomic mass is 10.1. The number of nitrogens with zero attached hydrogens (tertiary/aromatic N) is 1. The molecule has 2 aromatic rings. The fourth-order valence-electron chi connectivity index (χ4n) is 1.64. The Hall–Kier alpha value is -2.15. The van der Waals surface area contributed by atoms with Crippen LogP contribution in [0.15, 0.2) is 23.8 Å². The maximum absolute atomic E-state index is 11.8. The molecule has 112 valence electrons. The molecule has 0 aromatic carbocycles. The van der Waals surface area contributed by atoms with E-state index in [0.29, 0.717) is 5.69 Å².